The molecule has 1 saturated heterocycles. The number of hydrogen-bond acceptors (Lipinski definition) is 3. The topological polar surface area (TPSA) is 63.4 Å². The fourth-order valence-electron chi connectivity index (χ4n) is 2.66. The van der Waals surface area contributed by atoms with Gasteiger partial charge in [-0.25, -0.2) is 12.7 Å². The van der Waals surface area contributed by atoms with E-state index in [0.29, 0.717) is 24.0 Å². The first-order valence-electron chi connectivity index (χ1n) is 7.29. The van der Waals surface area contributed by atoms with Gasteiger partial charge < -0.3 is 5.73 Å². The van der Waals surface area contributed by atoms with Crippen LogP contribution in [-0.2, 0) is 15.8 Å². The van der Waals surface area contributed by atoms with E-state index in [1.54, 1.807) is 28.6 Å². The van der Waals surface area contributed by atoms with E-state index in [0.717, 1.165) is 30.4 Å². The number of nitrogens with two attached hydrogens (primary N) is 1. The summed E-state index contributed by atoms with van der Waals surface area (Å²) in [5, 5.41) is 0. The largest absolute Gasteiger partial charge is 0.389 e. The van der Waals surface area contributed by atoms with Crippen molar-refractivity contribution in [2.45, 2.75) is 31.9 Å². The number of rotatable bonds is 5. The SMILES string of the molecule is CCC1CCN(S(=O)(=O)Cc2ccc(C(N)=S)cc2)CC1. The summed E-state index contributed by atoms with van der Waals surface area (Å²) in [5.41, 5.74) is 7.07. The van der Waals surface area contributed by atoms with Crippen LogP contribution in [0.5, 0.6) is 0 Å². The van der Waals surface area contributed by atoms with Crippen molar-refractivity contribution in [3.05, 3.63) is 35.4 Å². The third-order valence-electron chi connectivity index (χ3n) is 4.13. The lowest BCUT2D eigenvalue weighted by Crippen LogP contribution is -2.39. The van der Waals surface area contributed by atoms with Crippen LogP contribution >= 0.6 is 12.2 Å². The highest BCUT2D eigenvalue weighted by molar-refractivity contribution is 7.88. The van der Waals surface area contributed by atoms with Crippen LogP contribution < -0.4 is 5.73 Å². The van der Waals surface area contributed by atoms with Crippen LogP contribution in [0.2, 0.25) is 0 Å². The van der Waals surface area contributed by atoms with E-state index in [-0.39, 0.29) is 5.75 Å². The molecule has 0 saturated carbocycles. The molecule has 1 aromatic rings. The smallest absolute Gasteiger partial charge is 0.218 e. The van der Waals surface area contributed by atoms with Crippen molar-refractivity contribution >= 4 is 27.2 Å². The van der Waals surface area contributed by atoms with Crippen molar-refractivity contribution < 1.29 is 8.42 Å². The van der Waals surface area contributed by atoms with E-state index in [4.69, 9.17) is 18.0 Å². The molecule has 0 aliphatic carbocycles. The first kappa shape index (κ1) is 16.4. The van der Waals surface area contributed by atoms with Gasteiger partial charge in [0.2, 0.25) is 10.0 Å². The molecule has 0 atom stereocenters. The van der Waals surface area contributed by atoms with Crippen LogP contribution in [-0.4, -0.2) is 30.8 Å². The van der Waals surface area contributed by atoms with Gasteiger partial charge in [-0.15, -0.1) is 0 Å². The fourth-order valence-corrected chi connectivity index (χ4v) is 4.36. The molecule has 21 heavy (non-hydrogen) atoms. The minimum atomic E-state index is -3.23. The molecule has 116 valence electrons. The van der Waals surface area contributed by atoms with E-state index in [1.807, 2.05) is 0 Å². The van der Waals surface area contributed by atoms with Crippen molar-refractivity contribution in [1.29, 1.82) is 0 Å². The normalized spacial score (nSPS) is 17.8. The maximum absolute atomic E-state index is 12.4. The molecule has 0 radical (unpaired) electrons. The van der Waals surface area contributed by atoms with Gasteiger partial charge in [-0.3, -0.25) is 0 Å². The quantitative estimate of drug-likeness (QED) is 0.843. The van der Waals surface area contributed by atoms with Crippen molar-refractivity contribution in [1.82, 2.24) is 4.31 Å². The summed E-state index contributed by atoms with van der Waals surface area (Å²) in [7, 11) is -3.23. The van der Waals surface area contributed by atoms with Gasteiger partial charge in [-0.1, -0.05) is 49.8 Å². The summed E-state index contributed by atoms with van der Waals surface area (Å²) >= 11 is 4.89. The van der Waals surface area contributed by atoms with Crippen molar-refractivity contribution in [2.75, 3.05) is 13.1 Å². The minimum Gasteiger partial charge on any atom is -0.389 e. The predicted molar refractivity (Wildman–Crippen MR) is 89.5 cm³/mol. The second-order valence-corrected chi connectivity index (χ2v) is 7.98. The van der Waals surface area contributed by atoms with Gasteiger partial charge >= 0.3 is 0 Å². The van der Waals surface area contributed by atoms with Gasteiger partial charge in [0.15, 0.2) is 0 Å². The number of benzene rings is 1. The molecular formula is C15H22N2O2S2. The number of sulfonamides is 1. The summed E-state index contributed by atoms with van der Waals surface area (Å²) in [6.07, 6.45) is 3.07. The third-order valence-corrected chi connectivity index (χ3v) is 6.22. The van der Waals surface area contributed by atoms with E-state index in [2.05, 4.69) is 6.92 Å². The molecule has 1 aliphatic rings. The molecule has 6 heteroatoms. The van der Waals surface area contributed by atoms with Crippen LogP contribution in [0, 0.1) is 5.92 Å². The van der Waals surface area contributed by atoms with E-state index in [9.17, 15) is 8.42 Å². The van der Waals surface area contributed by atoms with Gasteiger partial charge in [0, 0.05) is 18.7 Å². The fraction of sp³-hybridized carbons (Fsp3) is 0.533. The molecule has 0 aromatic heterocycles. The zero-order valence-electron chi connectivity index (χ0n) is 12.3. The van der Waals surface area contributed by atoms with E-state index in [1.165, 1.54) is 0 Å². The monoisotopic (exact) mass is 326 g/mol. The van der Waals surface area contributed by atoms with Crippen LogP contribution in [0.15, 0.2) is 24.3 Å². The Kier molecular flexibility index (Phi) is 5.35. The number of nitrogens with zero attached hydrogens (tertiary/aromatic N) is 1. The van der Waals surface area contributed by atoms with Gasteiger partial charge in [-0.2, -0.15) is 0 Å². The molecule has 4 nitrogen and oxygen atoms in total. The molecule has 1 heterocycles. The maximum Gasteiger partial charge on any atom is 0.218 e. The number of hydrogen-bond donors (Lipinski definition) is 1. The molecule has 2 rings (SSSR count). The van der Waals surface area contributed by atoms with E-state index >= 15 is 0 Å². The van der Waals surface area contributed by atoms with Crippen LogP contribution in [0.1, 0.15) is 37.3 Å². The lowest BCUT2D eigenvalue weighted by Gasteiger charge is -2.30. The van der Waals surface area contributed by atoms with Gasteiger partial charge in [0.25, 0.3) is 0 Å². The Morgan fingerprint density at radius 1 is 1.29 bits per heavy atom. The molecule has 0 spiro atoms. The Balaban J connectivity index is 2.02. The summed E-state index contributed by atoms with van der Waals surface area (Å²) in [5.74, 6) is 0.711. The summed E-state index contributed by atoms with van der Waals surface area (Å²) < 4.78 is 26.5. The van der Waals surface area contributed by atoms with E-state index < -0.39 is 10.0 Å². The Hall–Kier alpha value is -0.980. The molecule has 0 bridgehead atoms. The Morgan fingerprint density at radius 2 is 1.86 bits per heavy atom. The minimum absolute atomic E-state index is 0.0431. The summed E-state index contributed by atoms with van der Waals surface area (Å²) in [6, 6.07) is 7.11. The highest BCUT2D eigenvalue weighted by Crippen LogP contribution is 2.23. The molecule has 0 unspecified atom stereocenters. The number of piperidine rings is 1. The predicted octanol–water partition coefficient (Wildman–Crippen LogP) is 2.27. The highest BCUT2D eigenvalue weighted by Gasteiger charge is 2.27. The second-order valence-electron chi connectivity index (χ2n) is 5.57. The average Bonchev–Trinajstić information content (AvgIpc) is 2.47. The Labute approximate surface area is 132 Å². The summed E-state index contributed by atoms with van der Waals surface area (Å²) in [6.45, 7) is 3.45. The molecule has 2 N–H and O–H groups in total. The third kappa shape index (κ3) is 4.25. The maximum atomic E-state index is 12.4. The molecule has 1 aromatic carbocycles. The molecule has 1 fully saturated rings. The molecular weight excluding hydrogens is 304 g/mol. The lowest BCUT2D eigenvalue weighted by atomic mass is 9.96. The zero-order valence-corrected chi connectivity index (χ0v) is 13.9. The standard InChI is InChI=1S/C15H22N2O2S2/c1-2-12-7-9-17(10-8-12)21(18,19)11-13-3-5-14(6-4-13)15(16)20/h3-6,12H,2,7-11H2,1H3,(H2,16,20). The van der Waals surface area contributed by atoms with Crippen LogP contribution in [0.25, 0.3) is 0 Å². The first-order chi connectivity index (χ1) is 9.92. The second kappa shape index (κ2) is 6.85. The first-order valence-corrected chi connectivity index (χ1v) is 9.30. The number of thiocarbonyl (C=S) groups is 1. The Bertz CT molecular complexity index is 589. The molecule has 0 amide bonds. The zero-order chi connectivity index (χ0) is 15.5. The lowest BCUT2D eigenvalue weighted by molar-refractivity contribution is 0.269. The van der Waals surface area contributed by atoms with Crippen molar-refractivity contribution in [3.8, 4) is 0 Å². The van der Waals surface area contributed by atoms with Crippen LogP contribution in [0.3, 0.4) is 0 Å². The van der Waals surface area contributed by atoms with Crippen LogP contribution in [0.4, 0.5) is 0 Å². The average molecular weight is 326 g/mol. The van der Waals surface area contributed by atoms with Crippen molar-refractivity contribution in [2.24, 2.45) is 11.7 Å². The van der Waals surface area contributed by atoms with Gasteiger partial charge in [0.05, 0.1) is 5.75 Å². The molecule has 1 aliphatic heterocycles. The summed E-state index contributed by atoms with van der Waals surface area (Å²) in [4.78, 5) is 0.325. The highest BCUT2D eigenvalue weighted by atomic mass is 32.2. The Morgan fingerprint density at radius 3 is 2.33 bits per heavy atom. The van der Waals surface area contributed by atoms with Gasteiger partial charge in [-0.05, 0) is 24.3 Å². The van der Waals surface area contributed by atoms with Gasteiger partial charge in [0.1, 0.15) is 4.99 Å². The van der Waals surface area contributed by atoms with Crippen molar-refractivity contribution in [3.63, 3.8) is 0 Å².